The molecule has 0 unspecified atom stereocenters. The highest BCUT2D eigenvalue weighted by atomic mass is 32.2. The standard InChI is InChI=1S/C20H23NO7S/c1-13-7-9-15(10-8-13)29(26,27)21-11-16(22)18(23)19(24)17(21)20(25)28-12-14-5-3-2-4-6-14/h2-10,16-19,22-24H,11-12H2,1H3/t16-,17+,18+,19-/m0/s1. The van der Waals surface area contributed by atoms with Crippen molar-refractivity contribution in [3.63, 3.8) is 0 Å². The minimum atomic E-state index is -4.24. The van der Waals surface area contributed by atoms with E-state index in [1.807, 2.05) is 0 Å². The van der Waals surface area contributed by atoms with Gasteiger partial charge in [-0.3, -0.25) is 4.79 Å². The van der Waals surface area contributed by atoms with Crippen LogP contribution in [-0.2, 0) is 26.2 Å². The van der Waals surface area contributed by atoms with Crippen LogP contribution in [0.15, 0.2) is 59.5 Å². The zero-order chi connectivity index (χ0) is 21.2. The quantitative estimate of drug-likeness (QED) is 0.589. The third-order valence-electron chi connectivity index (χ3n) is 4.84. The number of β-amino-alcohol motifs (C(OH)–C–C–N with tert-alkyl or cyclic N) is 1. The lowest BCUT2D eigenvalue weighted by Gasteiger charge is -2.41. The Morgan fingerprint density at radius 3 is 2.28 bits per heavy atom. The predicted molar refractivity (Wildman–Crippen MR) is 103 cm³/mol. The van der Waals surface area contributed by atoms with Gasteiger partial charge in [-0.25, -0.2) is 8.42 Å². The van der Waals surface area contributed by atoms with Crippen molar-refractivity contribution < 1.29 is 33.3 Å². The summed E-state index contributed by atoms with van der Waals surface area (Å²) in [7, 11) is -4.24. The molecule has 0 saturated carbocycles. The molecule has 156 valence electrons. The summed E-state index contributed by atoms with van der Waals surface area (Å²) >= 11 is 0. The Labute approximate surface area is 169 Å². The van der Waals surface area contributed by atoms with Crippen LogP contribution in [0.1, 0.15) is 11.1 Å². The van der Waals surface area contributed by atoms with Gasteiger partial charge in [0.25, 0.3) is 0 Å². The largest absolute Gasteiger partial charge is 0.460 e. The molecule has 1 aliphatic heterocycles. The summed E-state index contributed by atoms with van der Waals surface area (Å²) < 4.78 is 32.1. The van der Waals surface area contributed by atoms with Crippen LogP contribution < -0.4 is 0 Å². The van der Waals surface area contributed by atoms with Gasteiger partial charge in [-0.2, -0.15) is 4.31 Å². The van der Waals surface area contributed by atoms with Crippen LogP contribution in [0, 0.1) is 6.92 Å². The first-order valence-corrected chi connectivity index (χ1v) is 10.5. The second-order valence-corrected chi connectivity index (χ2v) is 8.87. The molecular formula is C20H23NO7S. The summed E-state index contributed by atoms with van der Waals surface area (Å²) in [5, 5.41) is 30.4. The number of carbonyl (C=O) groups excluding carboxylic acids is 1. The highest BCUT2D eigenvalue weighted by molar-refractivity contribution is 7.89. The first-order valence-electron chi connectivity index (χ1n) is 9.05. The zero-order valence-corrected chi connectivity index (χ0v) is 16.6. The average Bonchev–Trinajstić information content (AvgIpc) is 2.71. The number of hydrogen-bond acceptors (Lipinski definition) is 7. The molecule has 9 heteroatoms. The molecule has 3 N–H and O–H groups in total. The van der Waals surface area contributed by atoms with E-state index in [0.29, 0.717) is 9.87 Å². The first-order chi connectivity index (χ1) is 13.7. The molecule has 8 nitrogen and oxygen atoms in total. The number of aliphatic hydroxyl groups excluding tert-OH is 3. The Bertz CT molecular complexity index is 947. The molecule has 1 heterocycles. The van der Waals surface area contributed by atoms with Gasteiger partial charge in [0.1, 0.15) is 18.8 Å². The minimum absolute atomic E-state index is 0.0975. The Balaban J connectivity index is 1.89. The monoisotopic (exact) mass is 421 g/mol. The highest BCUT2D eigenvalue weighted by Gasteiger charge is 2.50. The van der Waals surface area contributed by atoms with Crippen LogP contribution in [0.3, 0.4) is 0 Å². The molecule has 1 saturated heterocycles. The fourth-order valence-corrected chi connectivity index (χ4v) is 4.76. The van der Waals surface area contributed by atoms with E-state index >= 15 is 0 Å². The van der Waals surface area contributed by atoms with E-state index in [-0.39, 0.29) is 11.5 Å². The van der Waals surface area contributed by atoms with E-state index in [0.717, 1.165) is 5.56 Å². The van der Waals surface area contributed by atoms with Gasteiger partial charge in [0, 0.05) is 6.54 Å². The fraction of sp³-hybridized carbons (Fsp3) is 0.350. The topological polar surface area (TPSA) is 124 Å². The van der Waals surface area contributed by atoms with Crippen LogP contribution in [-0.4, -0.2) is 64.9 Å². The molecule has 0 aliphatic carbocycles. The summed E-state index contributed by atoms with van der Waals surface area (Å²) in [4.78, 5) is 12.6. The lowest BCUT2D eigenvalue weighted by Crippen LogP contribution is -2.65. The molecule has 0 amide bonds. The van der Waals surface area contributed by atoms with Crippen molar-refractivity contribution >= 4 is 16.0 Å². The van der Waals surface area contributed by atoms with Crippen molar-refractivity contribution in [3.8, 4) is 0 Å². The summed E-state index contributed by atoms with van der Waals surface area (Å²) in [5.41, 5.74) is 1.52. The van der Waals surface area contributed by atoms with Crippen molar-refractivity contribution in [3.05, 3.63) is 65.7 Å². The van der Waals surface area contributed by atoms with Crippen LogP contribution in [0.4, 0.5) is 0 Å². The number of aliphatic hydroxyl groups is 3. The van der Waals surface area contributed by atoms with E-state index in [2.05, 4.69) is 0 Å². The second kappa shape index (κ2) is 8.60. The van der Waals surface area contributed by atoms with Gasteiger partial charge in [-0.05, 0) is 24.6 Å². The molecule has 4 atom stereocenters. The SMILES string of the molecule is Cc1ccc(S(=O)(=O)N2C[C@H](O)[C@@H](O)[C@@H](O)[C@@H]2C(=O)OCc2ccccc2)cc1. The number of rotatable bonds is 5. The van der Waals surface area contributed by atoms with Crippen LogP contribution in [0.5, 0.6) is 0 Å². The fourth-order valence-electron chi connectivity index (χ4n) is 3.15. The lowest BCUT2D eigenvalue weighted by molar-refractivity contribution is -0.168. The first kappa shape index (κ1) is 21.4. The molecule has 1 aliphatic rings. The maximum Gasteiger partial charge on any atom is 0.327 e. The average molecular weight is 421 g/mol. The number of nitrogens with zero attached hydrogens (tertiary/aromatic N) is 1. The van der Waals surface area contributed by atoms with Gasteiger partial charge in [0.05, 0.1) is 11.0 Å². The lowest BCUT2D eigenvalue weighted by atomic mass is 9.96. The molecular weight excluding hydrogens is 398 g/mol. The molecule has 0 spiro atoms. The third-order valence-corrected chi connectivity index (χ3v) is 6.70. The Hall–Kier alpha value is -2.30. The number of aryl methyl sites for hydroxylation is 1. The highest BCUT2D eigenvalue weighted by Crippen LogP contribution is 2.27. The Kier molecular flexibility index (Phi) is 6.35. The van der Waals surface area contributed by atoms with Gasteiger partial charge in [0.15, 0.2) is 6.04 Å². The second-order valence-electron chi connectivity index (χ2n) is 6.97. The number of esters is 1. The molecule has 0 bridgehead atoms. The summed E-state index contributed by atoms with van der Waals surface area (Å²) in [6, 6.07) is 13.0. The van der Waals surface area contributed by atoms with Crippen LogP contribution in [0.2, 0.25) is 0 Å². The number of benzene rings is 2. The molecule has 2 aromatic rings. The maximum atomic E-state index is 13.1. The van der Waals surface area contributed by atoms with E-state index in [9.17, 15) is 28.5 Å². The van der Waals surface area contributed by atoms with Gasteiger partial charge in [-0.15, -0.1) is 0 Å². The predicted octanol–water partition coefficient (Wildman–Crippen LogP) is 0.194. The Morgan fingerprint density at radius 1 is 1.03 bits per heavy atom. The number of sulfonamides is 1. The van der Waals surface area contributed by atoms with Gasteiger partial charge in [-0.1, -0.05) is 48.0 Å². The van der Waals surface area contributed by atoms with Crippen LogP contribution in [0.25, 0.3) is 0 Å². The summed E-state index contributed by atoms with van der Waals surface area (Å²) in [6.07, 6.45) is -5.08. The van der Waals surface area contributed by atoms with Gasteiger partial charge in [0.2, 0.25) is 10.0 Å². The van der Waals surface area contributed by atoms with Crippen molar-refractivity contribution in [2.45, 2.75) is 42.8 Å². The molecule has 29 heavy (non-hydrogen) atoms. The normalized spacial score (nSPS) is 25.5. The van der Waals surface area contributed by atoms with Crippen LogP contribution >= 0.6 is 0 Å². The van der Waals surface area contributed by atoms with Crippen molar-refractivity contribution in [2.24, 2.45) is 0 Å². The van der Waals surface area contributed by atoms with E-state index in [1.165, 1.54) is 12.1 Å². The van der Waals surface area contributed by atoms with Gasteiger partial charge >= 0.3 is 5.97 Å². The van der Waals surface area contributed by atoms with Crippen molar-refractivity contribution in [1.82, 2.24) is 4.31 Å². The van der Waals surface area contributed by atoms with Crippen molar-refractivity contribution in [1.29, 1.82) is 0 Å². The maximum absolute atomic E-state index is 13.1. The van der Waals surface area contributed by atoms with E-state index in [1.54, 1.807) is 49.4 Å². The molecule has 0 aromatic heterocycles. The van der Waals surface area contributed by atoms with Crippen molar-refractivity contribution in [2.75, 3.05) is 6.54 Å². The summed E-state index contributed by atoms with van der Waals surface area (Å²) in [6.45, 7) is 1.12. The zero-order valence-electron chi connectivity index (χ0n) is 15.7. The van der Waals surface area contributed by atoms with Gasteiger partial charge < -0.3 is 20.1 Å². The minimum Gasteiger partial charge on any atom is -0.460 e. The number of hydrogen-bond donors (Lipinski definition) is 3. The molecule has 2 aromatic carbocycles. The van der Waals surface area contributed by atoms with E-state index in [4.69, 9.17) is 4.74 Å². The number of piperidine rings is 1. The molecule has 3 rings (SSSR count). The third kappa shape index (κ3) is 4.49. The Morgan fingerprint density at radius 2 is 1.66 bits per heavy atom. The number of ether oxygens (including phenoxy) is 1. The number of carbonyl (C=O) groups is 1. The smallest absolute Gasteiger partial charge is 0.327 e. The van der Waals surface area contributed by atoms with E-state index < -0.39 is 46.9 Å². The molecule has 0 radical (unpaired) electrons. The summed E-state index contributed by atoms with van der Waals surface area (Å²) in [5.74, 6) is -1.01. The molecule has 1 fully saturated rings.